The molecule has 1 saturated heterocycles. The lowest BCUT2D eigenvalue weighted by atomic mass is 10.1. The van der Waals surface area contributed by atoms with Crippen LogP contribution in [-0.2, 0) is 9.84 Å². The van der Waals surface area contributed by atoms with E-state index in [4.69, 9.17) is 0 Å². The molecule has 0 spiro atoms. The van der Waals surface area contributed by atoms with Crippen LogP contribution in [0.15, 0.2) is 12.4 Å². The molecule has 3 rings (SSSR count). The average Bonchev–Trinajstić information content (AvgIpc) is 2.83. The molecule has 0 amide bonds. The van der Waals surface area contributed by atoms with Gasteiger partial charge in [-0.15, -0.1) is 0 Å². The standard InChI is InChI=1S/C12H19N3O2S/c1-9-7-11(12-13-4-5-15(9)12)14-10-3-2-6-18(16,17)8-10/h4-5,9-11,14H,2-3,6-8H2,1H3. The number of fused-ring (bicyclic) bond motifs is 1. The normalized spacial score (nSPS) is 34.4. The van der Waals surface area contributed by atoms with E-state index in [1.54, 1.807) is 0 Å². The molecule has 1 aromatic rings. The first kappa shape index (κ1) is 12.2. The highest BCUT2D eigenvalue weighted by atomic mass is 32.2. The van der Waals surface area contributed by atoms with Gasteiger partial charge in [0.15, 0.2) is 9.84 Å². The van der Waals surface area contributed by atoms with E-state index in [2.05, 4.69) is 21.8 Å². The van der Waals surface area contributed by atoms with Crippen LogP contribution in [0.1, 0.15) is 44.1 Å². The van der Waals surface area contributed by atoms with Crippen LogP contribution in [0.4, 0.5) is 0 Å². The molecule has 1 aromatic heterocycles. The SMILES string of the molecule is CC1CC(NC2CCCS(=O)(=O)C2)c2nccn21. The van der Waals surface area contributed by atoms with Gasteiger partial charge in [0.05, 0.1) is 17.5 Å². The Morgan fingerprint density at radius 2 is 2.33 bits per heavy atom. The quantitative estimate of drug-likeness (QED) is 0.872. The van der Waals surface area contributed by atoms with Crippen molar-refractivity contribution in [2.24, 2.45) is 0 Å². The van der Waals surface area contributed by atoms with E-state index < -0.39 is 9.84 Å². The largest absolute Gasteiger partial charge is 0.331 e. The van der Waals surface area contributed by atoms with Gasteiger partial charge in [-0.2, -0.15) is 0 Å². The van der Waals surface area contributed by atoms with Crippen LogP contribution in [-0.4, -0.2) is 35.5 Å². The minimum absolute atomic E-state index is 0.0872. The van der Waals surface area contributed by atoms with E-state index in [9.17, 15) is 8.42 Å². The van der Waals surface area contributed by atoms with Crippen molar-refractivity contribution in [1.29, 1.82) is 0 Å². The summed E-state index contributed by atoms with van der Waals surface area (Å²) in [5.74, 6) is 1.67. The second-order valence-electron chi connectivity index (χ2n) is 5.45. The molecule has 18 heavy (non-hydrogen) atoms. The molecule has 0 radical (unpaired) electrons. The van der Waals surface area contributed by atoms with Crippen LogP contribution in [0, 0.1) is 0 Å². The van der Waals surface area contributed by atoms with Gasteiger partial charge >= 0.3 is 0 Å². The van der Waals surface area contributed by atoms with Crippen molar-refractivity contribution in [1.82, 2.24) is 14.9 Å². The number of sulfone groups is 1. The smallest absolute Gasteiger partial charge is 0.151 e. The Balaban J connectivity index is 1.72. The van der Waals surface area contributed by atoms with Gasteiger partial charge in [-0.25, -0.2) is 13.4 Å². The zero-order valence-corrected chi connectivity index (χ0v) is 11.4. The van der Waals surface area contributed by atoms with Gasteiger partial charge in [0.1, 0.15) is 5.82 Å². The third-order valence-electron chi connectivity index (χ3n) is 3.96. The predicted molar refractivity (Wildman–Crippen MR) is 69.1 cm³/mol. The molecule has 1 fully saturated rings. The maximum absolute atomic E-state index is 11.6. The van der Waals surface area contributed by atoms with E-state index in [0.29, 0.717) is 11.8 Å². The highest BCUT2D eigenvalue weighted by molar-refractivity contribution is 7.91. The van der Waals surface area contributed by atoms with E-state index in [0.717, 1.165) is 25.1 Å². The van der Waals surface area contributed by atoms with Crippen molar-refractivity contribution in [3.05, 3.63) is 18.2 Å². The summed E-state index contributed by atoms with van der Waals surface area (Å²) in [6.45, 7) is 2.17. The molecule has 0 saturated carbocycles. The number of nitrogens with one attached hydrogen (secondary N) is 1. The average molecular weight is 269 g/mol. The van der Waals surface area contributed by atoms with Gasteiger partial charge in [0, 0.05) is 24.5 Å². The van der Waals surface area contributed by atoms with Crippen molar-refractivity contribution in [2.75, 3.05) is 11.5 Å². The molecule has 6 heteroatoms. The van der Waals surface area contributed by atoms with Crippen LogP contribution in [0.3, 0.4) is 0 Å². The Labute approximate surface area is 108 Å². The fourth-order valence-corrected chi connectivity index (χ4v) is 4.76. The molecule has 3 atom stereocenters. The number of aromatic nitrogens is 2. The van der Waals surface area contributed by atoms with E-state index in [1.165, 1.54) is 0 Å². The van der Waals surface area contributed by atoms with E-state index in [1.807, 2.05) is 12.4 Å². The Bertz CT molecular complexity index is 537. The Hall–Kier alpha value is -0.880. The molecule has 5 nitrogen and oxygen atoms in total. The molecular formula is C12H19N3O2S. The van der Waals surface area contributed by atoms with Crippen LogP contribution in [0.2, 0.25) is 0 Å². The fraction of sp³-hybridized carbons (Fsp3) is 0.750. The molecule has 1 N–H and O–H groups in total. The van der Waals surface area contributed by atoms with Crippen LogP contribution in [0.5, 0.6) is 0 Å². The Kier molecular flexibility index (Phi) is 2.94. The van der Waals surface area contributed by atoms with Gasteiger partial charge in [-0.1, -0.05) is 0 Å². The molecule has 0 bridgehead atoms. The minimum atomic E-state index is -2.84. The van der Waals surface area contributed by atoms with Crippen molar-refractivity contribution < 1.29 is 8.42 Å². The maximum atomic E-state index is 11.6. The second kappa shape index (κ2) is 4.35. The van der Waals surface area contributed by atoms with Gasteiger partial charge in [-0.3, -0.25) is 0 Å². The molecular weight excluding hydrogens is 250 g/mol. The number of rotatable bonds is 2. The van der Waals surface area contributed by atoms with E-state index >= 15 is 0 Å². The predicted octanol–water partition coefficient (Wildman–Crippen LogP) is 1.06. The topological polar surface area (TPSA) is 64.0 Å². The summed E-state index contributed by atoms with van der Waals surface area (Å²) in [6, 6.07) is 0.734. The molecule has 100 valence electrons. The van der Waals surface area contributed by atoms with E-state index in [-0.39, 0.29) is 17.8 Å². The van der Waals surface area contributed by atoms with Crippen LogP contribution < -0.4 is 5.32 Å². The lowest BCUT2D eigenvalue weighted by Crippen LogP contribution is -2.41. The minimum Gasteiger partial charge on any atom is -0.331 e. The lowest BCUT2D eigenvalue weighted by molar-refractivity contribution is 0.404. The summed E-state index contributed by atoms with van der Waals surface area (Å²) >= 11 is 0. The van der Waals surface area contributed by atoms with Crippen molar-refractivity contribution in [3.63, 3.8) is 0 Å². The van der Waals surface area contributed by atoms with Gasteiger partial charge < -0.3 is 9.88 Å². The van der Waals surface area contributed by atoms with Gasteiger partial charge in [0.25, 0.3) is 0 Å². The second-order valence-corrected chi connectivity index (χ2v) is 7.68. The fourth-order valence-electron chi connectivity index (χ4n) is 3.11. The first-order chi connectivity index (χ1) is 8.55. The van der Waals surface area contributed by atoms with Gasteiger partial charge in [0.2, 0.25) is 0 Å². The molecule has 0 aromatic carbocycles. The Morgan fingerprint density at radius 3 is 3.11 bits per heavy atom. The monoisotopic (exact) mass is 269 g/mol. The number of imidazole rings is 1. The molecule has 2 aliphatic rings. The van der Waals surface area contributed by atoms with Crippen molar-refractivity contribution >= 4 is 9.84 Å². The summed E-state index contributed by atoms with van der Waals surface area (Å²) < 4.78 is 25.4. The summed E-state index contributed by atoms with van der Waals surface area (Å²) in [5, 5.41) is 3.48. The third-order valence-corrected chi connectivity index (χ3v) is 5.78. The lowest BCUT2D eigenvalue weighted by Gasteiger charge is -2.25. The first-order valence-corrected chi connectivity index (χ1v) is 8.36. The van der Waals surface area contributed by atoms with Crippen molar-refractivity contribution in [3.8, 4) is 0 Å². The maximum Gasteiger partial charge on any atom is 0.151 e. The van der Waals surface area contributed by atoms with Crippen LogP contribution in [0.25, 0.3) is 0 Å². The van der Waals surface area contributed by atoms with Crippen LogP contribution >= 0.6 is 0 Å². The Morgan fingerprint density at radius 1 is 1.50 bits per heavy atom. The first-order valence-electron chi connectivity index (χ1n) is 6.54. The molecule has 3 unspecified atom stereocenters. The molecule has 3 heterocycles. The molecule has 0 aliphatic carbocycles. The number of hydrogen-bond acceptors (Lipinski definition) is 4. The third kappa shape index (κ3) is 2.19. The summed E-state index contributed by atoms with van der Waals surface area (Å²) in [5.41, 5.74) is 0. The zero-order valence-electron chi connectivity index (χ0n) is 10.5. The number of hydrogen-bond donors (Lipinski definition) is 1. The highest BCUT2D eigenvalue weighted by Crippen LogP contribution is 2.33. The molecule has 2 aliphatic heterocycles. The zero-order chi connectivity index (χ0) is 12.8. The van der Waals surface area contributed by atoms with Gasteiger partial charge in [-0.05, 0) is 26.2 Å². The summed E-state index contributed by atoms with van der Waals surface area (Å²) in [6.07, 6.45) is 6.54. The summed E-state index contributed by atoms with van der Waals surface area (Å²) in [7, 11) is -2.84. The summed E-state index contributed by atoms with van der Waals surface area (Å²) in [4.78, 5) is 4.38. The van der Waals surface area contributed by atoms with Crippen molar-refractivity contribution in [2.45, 2.75) is 44.3 Å². The highest BCUT2D eigenvalue weighted by Gasteiger charge is 2.33. The number of nitrogens with zero attached hydrogens (tertiary/aromatic N) is 2.